The highest BCUT2D eigenvalue weighted by Gasteiger charge is 2.34. The van der Waals surface area contributed by atoms with Crippen molar-refractivity contribution < 1.29 is 9.59 Å². The van der Waals surface area contributed by atoms with Gasteiger partial charge in [0.1, 0.15) is 0 Å². The topological polar surface area (TPSA) is 68.2 Å². The van der Waals surface area contributed by atoms with E-state index in [1.165, 1.54) is 11.3 Å². The van der Waals surface area contributed by atoms with Crippen molar-refractivity contribution in [3.63, 3.8) is 0 Å². The third-order valence-corrected chi connectivity index (χ3v) is 5.97. The Morgan fingerprint density at radius 3 is 2.33 bits per heavy atom. The van der Waals surface area contributed by atoms with Gasteiger partial charge in [0.15, 0.2) is 5.96 Å². The summed E-state index contributed by atoms with van der Waals surface area (Å²) in [6.45, 7) is 9.87. The van der Waals surface area contributed by atoms with Crippen molar-refractivity contribution in [2.24, 2.45) is 4.99 Å². The Morgan fingerprint density at radius 1 is 1.13 bits per heavy atom. The fraction of sp³-hybridized carbons (Fsp3) is 0.591. The molecule has 1 unspecified atom stereocenters. The molecule has 2 aliphatic rings. The number of likely N-dealkylation sites (N-methyl/N-ethyl adjacent to an activating group) is 1. The van der Waals surface area contributed by atoms with E-state index in [-0.39, 0.29) is 35.8 Å². The van der Waals surface area contributed by atoms with E-state index >= 15 is 0 Å². The van der Waals surface area contributed by atoms with Gasteiger partial charge in [0.25, 0.3) is 11.8 Å². The molecule has 1 fully saturated rings. The van der Waals surface area contributed by atoms with Crippen molar-refractivity contribution in [3.8, 4) is 0 Å². The molecule has 0 aliphatic carbocycles. The average molecular weight is 527 g/mol. The fourth-order valence-electron chi connectivity index (χ4n) is 4.34. The largest absolute Gasteiger partial charge is 0.356 e. The number of nitrogens with one attached hydrogen (secondary N) is 1. The molecule has 0 radical (unpaired) electrons. The van der Waals surface area contributed by atoms with Crippen LogP contribution in [-0.4, -0.2) is 84.8 Å². The Morgan fingerprint density at radius 2 is 1.77 bits per heavy atom. The molecular weight excluding hydrogens is 493 g/mol. The lowest BCUT2D eigenvalue weighted by Gasteiger charge is -2.27. The number of fused-ring (bicyclic) bond motifs is 1. The van der Waals surface area contributed by atoms with Gasteiger partial charge in [-0.2, -0.15) is 0 Å². The molecular formula is C22H34IN5O2. The van der Waals surface area contributed by atoms with Crippen molar-refractivity contribution in [3.05, 3.63) is 35.4 Å². The monoisotopic (exact) mass is 527 g/mol. The van der Waals surface area contributed by atoms with Crippen molar-refractivity contribution >= 4 is 41.8 Å². The first-order valence-corrected chi connectivity index (χ1v) is 10.8. The number of imide groups is 1. The van der Waals surface area contributed by atoms with Crippen molar-refractivity contribution in [2.45, 2.75) is 39.2 Å². The van der Waals surface area contributed by atoms with E-state index in [4.69, 9.17) is 0 Å². The van der Waals surface area contributed by atoms with Gasteiger partial charge >= 0.3 is 0 Å². The van der Waals surface area contributed by atoms with Crippen molar-refractivity contribution in [1.29, 1.82) is 0 Å². The number of likely N-dealkylation sites (tertiary alicyclic amines) is 1. The zero-order valence-electron chi connectivity index (χ0n) is 18.3. The predicted molar refractivity (Wildman–Crippen MR) is 131 cm³/mol. The van der Waals surface area contributed by atoms with Gasteiger partial charge in [0, 0.05) is 39.3 Å². The first-order valence-electron chi connectivity index (χ1n) is 10.8. The van der Waals surface area contributed by atoms with Gasteiger partial charge in [-0.3, -0.25) is 24.4 Å². The second kappa shape index (κ2) is 11.6. The summed E-state index contributed by atoms with van der Waals surface area (Å²) in [5.74, 6) is 0.600. The maximum Gasteiger partial charge on any atom is 0.261 e. The molecule has 3 rings (SSSR count). The second-order valence-electron chi connectivity index (χ2n) is 7.60. The molecule has 1 N–H and O–H groups in total. The maximum atomic E-state index is 12.4. The molecule has 0 saturated carbocycles. The number of carbonyl (C=O) groups excluding carboxylic acids is 2. The lowest BCUT2D eigenvalue weighted by Crippen LogP contribution is -2.43. The number of guanidine groups is 1. The Balaban J connectivity index is 0.00000320. The van der Waals surface area contributed by atoms with E-state index in [0.29, 0.717) is 23.7 Å². The number of unbranched alkanes of at least 4 members (excludes halogenated alkanes) is 1. The zero-order valence-corrected chi connectivity index (χ0v) is 20.6. The normalized spacial score (nSPS) is 18.8. The van der Waals surface area contributed by atoms with Crippen LogP contribution in [0.3, 0.4) is 0 Å². The Hall–Kier alpha value is -1.68. The quantitative estimate of drug-likeness (QED) is 0.185. The first kappa shape index (κ1) is 24.6. The number of benzene rings is 1. The Kier molecular flexibility index (Phi) is 9.54. The van der Waals surface area contributed by atoms with Gasteiger partial charge in [-0.1, -0.05) is 26.0 Å². The molecule has 0 bridgehead atoms. The van der Waals surface area contributed by atoms with Crippen molar-refractivity contribution in [1.82, 2.24) is 20.0 Å². The van der Waals surface area contributed by atoms with E-state index < -0.39 is 0 Å². The average Bonchev–Trinajstić information content (AvgIpc) is 3.31. The molecule has 2 heterocycles. The van der Waals surface area contributed by atoms with Gasteiger partial charge < -0.3 is 10.2 Å². The van der Waals surface area contributed by atoms with Crippen LogP contribution in [0.4, 0.5) is 0 Å². The summed E-state index contributed by atoms with van der Waals surface area (Å²) >= 11 is 0. The minimum Gasteiger partial charge on any atom is -0.356 e. The summed E-state index contributed by atoms with van der Waals surface area (Å²) < 4.78 is 0. The summed E-state index contributed by atoms with van der Waals surface area (Å²) in [6.07, 6.45) is 2.82. The van der Waals surface area contributed by atoms with Crippen LogP contribution in [0.2, 0.25) is 0 Å². The van der Waals surface area contributed by atoms with Crippen LogP contribution in [0.15, 0.2) is 29.3 Å². The summed E-state index contributed by atoms with van der Waals surface area (Å²) in [7, 11) is 1.83. The summed E-state index contributed by atoms with van der Waals surface area (Å²) in [5.41, 5.74) is 1.04. The van der Waals surface area contributed by atoms with Crippen LogP contribution in [-0.2, 0) is 0 Å². The predicted octanol–water partition coefficient (Wildman–Crippen LogP) is 2.67. The Labute approximate surface area is 196 Å². The third-order valence-electron chi connectivity index (χ3n) is 5.97. The summed E-state index contributed by atoms with van der Waals surface area (Å²) in [5, 5.41) is 3.44. The molecule has 1 atom stereocenters. The SMILES string of the molecule is CCN(CC)C1CCN(C(=NC)NCCCCN2C(=O)c3ccccc3C2=O)C1.I. The minimum absolute atomic E-state index is 0. The van der Waals surface area contributed by atoms with E-state index in [0.717, 1.165) is 51.5 Å². The second-order valence-corrected chi connectivity index (χ2v) is 7.60. The maximum absolute atomic E-state index is 12.4. The number of amides is 2. The number of rotatable bonds is 8. The molecule has 2 aliphatic heterocycles. The number of hydrogen-bond donors (Lipinski definition) is 1. The number of nitrogens with zero attached hydrogens (tertiary/aromatic N) is 4. The molecule has 1 aromatic rings. The van der Waals surface area contributed by atoms with Crippen LogP contribution in [0.1, 0.15) is 53.8 Å². The number of halogens is 1. The van der Waals surface area contributed by atoms with Gasteiger partial charge in [-0.25, -0.2) is 0 Å². The third kappa shape index (κ3) is 5.32. The standard InChI is InChI=1S/C22H33N5O2.HI/c1-4-25(5-2)17-12-15-26(16-17)22(23-3)24-13-8-9-14-27-20(28)18-10-6-7-11-19(18)21(27)29;/h6-7,10-11,17H,4-5,8-9,12-16H2,1-3H3,(H,23,24);1H. The van der Waals surface area contributed by atoms with Crippen molar-refractivity contribution in [2.75, 3.05) is 46.3 Å². The van der Waals surface area contributed by atoms with E-state index in [1.807, 2.05) is 7.05 Å². The smallest absolute Gasteiger partial charge is 0.261 e. The minimum atomic E-state index is -0.172. The van der Waals surface area contributed by atoms with Crippen LogP contribution < -0.4 is 5.32 Å². The number of aliphatic imine (C=N–C) groups is 1. The molecule has 0 aromatic heterocycles. The number of hydrogen-bond acceptors (Lipinski definition) is 4. The van der Waals surface area contributed by atoms with Gasteiger partial charge in [-0.15, -0.1) is 24.0 Å². The summed E-state index contributed by atoms with van der Waals surface area (Å²) in [6, 6.07) is 7.64. The van der Waals surface area contributed by atoms with Gasteiger partial charge in [0.05, 0.1) is 11.1 Å². The number of carbonyl (C=O) groups is 2. The molecule has 1 saturated heterocycles. The Bertz CT molecular complexity index is 731. The molecule has 7 nitrogen and oxygen atoms in total. The molecule has 30 heavy (non-hydrogen) atoms. The van der Waals surface area contributed by atoms with E-state index in [9.17, 15) is 9.59 Å². The molecule has 1 aromatic carbocycles. The van der Waals surface area contributed by atoms with Gasteiger partial charge in [0.2, 0.25) is 0 Å². The van der Waals surface area contributed by atoms with Crippen LogP contribution in [0, 0.1) is 0 Å². The highest BCUT2D eigenvalue weighted by atomic mass is 127. The van der Waals surface area contributed by atoms with Crippen LogP contribution in [0.25, 0.3) is 0 Å². The fourth-order valence-corrected chi connectivity index (χ4v) is 4.34. The summed E-state index contributed by atoms with van der Waals surface area (Å²) in [4.78, 5) is 35.4. The highest BCUT2D eigenvalue weighted by Crippen LogP contribution is 2.22. The van der Waals surface area contributed by atoms with E-state index in [2.05, 4.69) is 34.0 Å². The molecule has 166 valence electrons. The first-order chi connectivity index (χ1) is 14.1. The van der Waals surface area contributed by atoms with Crippen LogP contribution >= 0.6 is 24.0 Å². The zero-order chi connectivity index (χ0) is 20.8. The molecule has 2 amide bonds. The van der Waals surface area contributed by atoms with Gasteiger partial charge in [-0.05, 0) is 44.5 Å². The molecule has 8 heteroatoms. The highest BCUT2D eigenvalue weighted by molar-refractivity contribution is 14.0. The van der Waals surface area contributed by atoms with Crippen LogP contribution in [0.5, 0.6) is 0 Å². The van der Waals surface area contributed by atoms with E-state index in [1.54, 1.807) is 24.3 Å². The lowest BCUT2D eigenvalue weighted by atomic mass is 10.1. The molecule has 0 spiro atoms. The lowest BCUT2D eigenvalue weighted by molar-refractivity contribution is 0.0652.